The molecule has 0 aliphatic carbocycles. The van der Waals surface area contributed by atoms with E-state index < -0.39 is 0 Å². The van der Waals surface area contributed by atoms with Gasteiger partial charge in [-0.1, -0.05) is 23.2 Å². The van der Waals surface area contributed by atoms with Gasteiger partial charge in [-0.25, -0.2) is 0 Å². The molecule has 0 saturated carbocycles. The molecule has 0 unspecified atom stereocenters. The van der Waals surface area contributed by atoms with Crippen molar-refractivity contribution in [2.24, 2.45) is 0 Å². The van der Waals surface area contributed by atoms with Gasteiger partial charge in [-0.15, -0.1) is 0 Å². The van der Waals surface area contributed by atoms with Gasteiger partial charge in [0.1, 0.15) is 0 Å². The summed E-state index contributed by atoms with van der Waals surface area (Å²) < 4.78 is 0. The lowest BCUT2D eigenvalue weighted by molar-refractivity contribution is -0.116. The number of carbonyl (C=O) groups excluding carboxylic acids is 4. The van der Waals surface area contributed by atoms with Gasteiger partial charge in [-0.2, -0.15) is 0 Å². The zero-order chi connectivity index (χ0) is 22.8. The molecule has 7 nitrogen and oxygen atoms in total. The number of hydrogen-bond acceptors (Lipinski definition) is 4. The molecule has 166 valence electrons. The first-order valence-corrected chi connectivity index (χ1v) is 11.1. The summed E-state index contributed by atoms with van der Waals surface area (Å²) in [7, 11) is 0. The second kappa shape index (κ2) is 9.12. The number of carbonyl (C=O) groups is 4. The number of halogens is 1. The molecule has 4 rings (SSSR count). The van der Waals surface area contributed by atoms with E-state index >= 15 is 0 Å². The van der Waals surface area contributed by atoms with Crippen LogP contribution in [0.25, 0.3) is 0 Å². The summed E-state index contributed by atoms with van der Waals surface area (Å²) in [4.78, 5) is 53.4. The van der Waals surface area contributed by atoms with Crippen LogP contribution in [0.3, 0.4) is 0 Å². The van der Waals surface area contributed by atoms with Crippen molar-refractivity contribution in [3.8, 4) is 0 Å². The molecular weight excluding hydrogens is 430 g/mol. The Hall–Kier alpha value is -3.19. The normalized spacial score (nSPS) is 15.3. The number of imide groups is 1. The quantitative estimate of drug-likeness (QED) is 0.672. The van der Waals surface area contributed by atoms with Crippen LogP contribution in [-0.2, 0) is 4.79 Å². The number of nitrogens with one attached hydrogen (secondary N) is 1. The van der Waals surface area contributed by atoms with E-state index in [0.717, 1.165) is 18.4 Å². The lowest BCUT2D eigenvalue weighted by Crippen LogP contribution is -2.31. The van der Waals surface area contributed by atoms with Gasteiger partial charge in [0, 0.05) is 31.1 Å². The van der Waals surface area contributed by atoms with E-state index in [-0.39, 0.29) is 36.6 Å². The highest BCUT2D eigenvalue weighted by Gasteiger charge is 2.35. The zero-order valence-corrected chi connectivity index (χ0v) is 18.6. The van der Waals surface area contributed by atoms with Crippen LogP contribution in [0.1, 0.15) is 62.3 Å². The Bertz CT molecular complexity index is 1110. The Morgan fingerprint density at radius 1 is 1.00 bits per heavy atom. The Labute approximate surface area is 191 Å². The van der Waals surface area contributed by atoms with Crippen molar-refractivity contribution < 1.29 is 19.2 Å². The molecule has 0 radical (unpaired) electrons. The number of aryl methyl sites for hydroxylation is 1. The number of likely N-dealkylation sites (tertiary alicyclic amines) is 1. The fourth-order valence-electron chi connectivity index (χ4n) is 4.11. The molecule has 2 aromatic carbocycles. The molecule has 2 aliphatic rings. The van der Waals surface area contributed by atoms with Gasteiger partial charge in [-0.3, -0.25) is 24.1 Å². The number of rotatable bonds is 6. The summed E-state index contributed by atoms with van der Waals surface area (Å²) in [5.74, 6) is -1.11. The van der Waals surface area contributed by atoms with Gasteiger partial charge in [0.25, 0.3) is 17.7 Å². The highest BCUT2D eigenvalue weighted by molar-refractivity contribution is 6.31. The monoisotopic (exact) mass is 453 g/mol. The summed E-state index contributed by atoms with van der Waals surface area (Å²) in [6.45, 7) is 3.40. The molecule has 32 heavy (non-hydrogen) atoms. The summed E-state index contributed by atoms with van der Waals surface area (Å²) in [5.41, 5.74) is 2.49. The number of benzene rings is 2. The van der Waals surface area contributed by atoms with Crippen molar-refractivity contribution >= 4 is 40.9 Å². The summed E-state index contributed by atoms with van der Waals surface area (Å²) >= 11 is 6.08. The molecule has 2 aliphatic heterocycles. The lowest BCUT2D eigenvalue weighted by Gasteiger charge is -2.18. The van der Waals surface area contributed by atoms with Crippen LogP contribution < -0.4 is 5.32 Å². The minimum atomic E-state index is -0.332. The minimum absolute atomic E-state index is 0.104. The number of amides is 4. The van der Waals surface area contributed by atoms with Gasteiger partial charge in [-0.05, 0) is 56.5 Å². The first kappa shape index (κ1) is 22.0. The molecule has 1 N–H and O–H groups in total. The van der Waals surface area contributed by atoms with Gasteiger partial charge in [0.2, 0.25) is 5.91 Å². The van der Waals surface area contributed by atoms with E-state index in [4.69, 9.17) is 11.6 Å². The molecule has 0 aromatic heterocycles. The SMILES string of the molecule is Cc1ccc2c(c1)C(=O)N(CCCC(=O)Nc1ccc(Cl)cc1C(=O)N1CCCC1)C2=O. The van der Waals surface area contributed by atoms with Gasteiger partial charge in [0.05, 0.1) is 22.4 Å². The summed E-state index contributed by atoms with van der Waals surface area (Å²) in [6.07, 6.45) is 2.35. The van der Waals surface area contributed by atoms with Crippen molar-refractivity contribution in [3.05, 3.63) is 63.7 Å². The first-order valence-electron chi connectivity index (χ1n) is 10.7. The topological polar surface area (TPSA) is 86.8 Å². The highest BCUT2D eigenvalue weighted by Crippen LogP contribution is 2.26. The average molecular weight is 454 g/mol. The molecule has 1 fully saturated rings. The van der Waals surface area contributed by atoms with Crippen LogP contribution in [-0.4, -0.2) is 53.1 Å². The van der Waals surface area contributed by atoms with E-state index in [9.17, 15) is 19.2 Å². The predicted molar refractivity (Wildman–Crippen MR) is 121 cm³/mol. The van der Waals surface area contributed by atoms with E-state index in [1.165, 1.54) is 4.90 Å². The van der Waals surface area contributed by atoms with E-state index in [1.807, 2.05) is 6.92 Å². The fourth-order valence-corrected chi connectivity index (χ4v) is 4.28. The Morgan fingerprint density at radius 2 is 1.72 bits per heavy atom. The Balaban J connectivity index is 1.36. The highest BCUT2D eigenvalue weighted by atomic mass is 35.5. The van der Waals surface area contributed by atoms with Crippen molar-refractivity contribution in [2.45, 2.75) is 32.6 Å². The third kappa shape index (κ3) is 4.39. The van der Waals surface area contributed by atoms with Crippen LogP contribution in [0.4, 0.5) is 5.69 Å². The maximum absolute atomic E-state index is 12.8. The average Bonchev–Trinajstić information content (AvgIpc) is 3.38. The molecule has 0 spiro atoms. The molecule has 8 heteroatoms. The number of anilines is 1. The third-order valence-electron chi connectivity index (χ3n) is 5.79. The minimum Gasteiger partial charge on any atom is -0.339 e. The Morgan fingerprint density at radius 3 is 2.47 bits per heavy atom. The Kier molecular flexibility index (Phi) is 6.28. The van der Waals surface area contributed by atoms with E-state index in [1.54, 1.807) is 41.3 Å². The molecule has 1 saturated heterocycles. The number of fused-ring (bicyclic) bond motifs is 1. The first-order chi connectivity index (χ1) is 15.3. The molecule has 2 aromatic rings. The van der Waals surface area contributed by atoms with Crippen molar-refractivity contribution in [1.82, 2.24) is 9.80 Å². The van der Waals surface area contributed by atoms with Gasteiger partial charge < -0.3 is 10.2 Å². The fraction of sp³-hybridized carbons (Fsp3) is 0.333. The van der Waals surface area contributed by atoms with Crippen molar-refractivity contribution in [2.75, 3.05) is 25.0 Å². The number of nitrogens with zero attached hydrogens (tertiary/aromatic N) is 2. The van der Waals surface area contributed by atoms with Crippen LogP contribution >= 0.6 is 11.6 Å². The predicted octanol–water partition coefficient (Wildman–Crippen LogP) is 3.90. The maximum atomic E-state index is 12.8. The second-order valence-corrected chi connectivity index (χ2v) is 8.59. The molecule has 2 heterocycles. The largest absolute Gasteiger partial charge is 0.339 e. The zero-order valence-electron chi connectivity index (χ0n) is 17.8. The standard InChI is InChI=1S/C24H24ClN3O4/c1-15-6-8-17-18(13-15)24(32)28(23(17)31)12-4-5-21(29)26-20-9-7-16(25)14-19(20)22(30)27-10-2-3-11-27/h6-9,13-14H,2-5,10-12H2,1H3,(H,26,29). The molecule has 0 bridgehead atoms. The van der Waals surface area contributed by atoms with Crippen molar-refractivity contribution in [1.29, 1.82) is 0 Å². The van der Waals surface area contributed by atoms with Crippen LogP contribution in [0.5, 0.6) is 0 Å². The van der Waals surface area contributed by atoms with E-state index in [2.05, 4.69) is 5.32 Å². The van der Waals surface area contributed by atoms with Crippen LogP contribution in [0.2, 0.25) is 5.02 Å². The van der Waals surface area contributed by atoms with Crippen LogP contribution in [0.15, 0.2) is 36.4 Å². The lowest BCUT2D eigenvalue weighted by atomic mass is 10.1. The number of hydrogen-bond donors (Lipinski definition) is 1. The molecule has 4 amide bonds. The summed E-state index contributed by atoms with van der Waals surface area (Å²) in [5, 5.41) is 3.20. The van der Waals surface area contributed by atoms with Gasteiger partial charge >= 0.3 is 0 Å². The summed E-state index contributed by atoms with van der Waals surface area (Å²) in [6, 6.07) is 9.99. The van der Waals surface area contributed by atoms with Crippen molar-refractivity contribution in [3.63, 3.8) is 0 Å². The second-order valence-electron chi connectivity index (χ2n) is 8.15. The van der Waals surface area contributed by atoms with E-state index in [0.29, 0.717) is 46.9 Å². The van der Waals surface area contributed by atoms with Crippen LogP contribution in [0, 0.1) is 6.92 Å². The maximum Gasteiger partial charge on any atom is 0.261 e. The molecule has 0 atom stereocenters. The smallest absolute Gasteiger partial charge is 0.261 e. The third-order valence-corrected chi connectivity index (χ3v) is 6.03. The van der Waals surface area contributed by atoms with Gasteiger partial charge in [0.15, 0.2) is 0 Å². The molecular formula is C24H24ClN3O4.